The van der Waals surface area contributed by atoms with Crippen molar-refractivity contribution < 1.29 is 13.9 Å². The molecule has 3 nitrogen and oxygen atoms in total. The third-order valence-electron chi connectivity index (χ3n) is 1.58. The number of nitrogens with zero attached hydrogens (tertiary/aromatic N) is 2. The van der Waals surface area contributed by atoms with Crippen LogP contribution < -0.4 is 0 Å². The predicted molar refractivity (Wildman–Crippen MR) is 38.9 cm³/mol. The molecular formula is C7H10F2N2O. The summed E-state index contributed by atoms with van der Waals surface area (Å²) in [6.45, 7) is 0.433. The number of halogens is 2. The standard InChI is InChI=1S/C7H10F2N2O/c1-5-3-6(11(2)10-5)7(8,9)4-12/h3,12H,4H2,1-2H3. The van der Waals surface area contributed by atoms with Crippen molar-refractivity contribution in [1.29, 1.82) is 0 Å². The molecule has 1 N–H and O–H groups in total. The average Bonchev–Trinajstić information content (AvgIpc) is 2.31. The summed E-state index contributed by atoms with van der Waals surface area (Å²) in [5.41, 5.74) is 0.253. The lowest BCUT2D eigenvalue weighted by molar-refractivity contribution is -0.0620. The fourth-order valence-electron chi connectivity index (χ4n) is 1.03. The highest BCUT2D eigenvalue weighted by molar-refractivity contribution is 5.13. The van der Waals surface area contributed by atoms with Crippen LogP contribution in [0.15, 0.2) is 6.07 Å². The molecule has 0 aromatic carbocycles. The number of aromatic nitrogens is 2. The van der Waals surface area contributed by atoms with Crippen molar-refractivity contribution >= 4 is 0 Å². The van der Waals surface area contributed by atoms with E-state index in [4.69, 9.17) is 5.11 Å². The Balaban J connectivity index is 3.09. The minimum Gasteiger partial charge on any atom is -0.390 e. The first-order chi connectivity index (χ1) is 5.47. The van der Waals surface area contributed by atoms with E-state index in [0.717, 1.165) is 4.68 Å². The Hall–Kier alpha value is -0.970. The van der Waals surface area contributed by atoms with Gasteiger partial charge in [-0.05, 0) is 13.0 Å². The summed E-state index contributed by atoms with van der Waals surface area (Å²) in [6, 6.07) is 1.26. The van der Waals surface area contributed by atoms with Crippen LogP contribution >= 0.6 is 0 Å². The minimum absolute atomic E-state index is 0.262. The van der Waals surface area contributed by atoms with Gasteiger partial charge in [0.15, 0.2) is 0 Å². The first-order valence-electron chi connectivity index (χ1n) is 3.47. The Morgan fingerprint density at radius 3 is 2.58 bits per heavy atom. The van der Waals surface area contributed by atoms with E-state index >= 15 is 0 Å². The van der Waals surface area contributed by atoms with Crippen LogP contribution in [-0.4, -0.2) is 21.5 Å². The molecule has 1 aromatic heterocycles. The van der Waals surface area contributed by atoms with Gasteiger partial charge in [0.25, 0.3) is 0 Å². The fourth-order valence-corrected chi connectivity index (χ4v) is 1.03. The molecule has 0 unspecified atom stereocenters. The van der Waals surface area contributed by atoms with Crippen LogP contribution in [0.5, 0.6) is 0 Å². The predicted octanol–water partition coefficient (Wildman–Crippen LogP) is 0.813. The fraction of sp³-hybridized carbons (Fsp3) is 0.571. The van der Waals surface area contributed by atoms with Crippen LogP contribution in [0.2, 0.25) is 0 Å². The first-order valence-corrected chi connectivity index (χ1v) is 3.47. The number of aliphatic hydroxyl groups excluding tert-OH is 1. The van der Waals surface area contributed by atoms with Gasteiger partial charge in [0.2, 0.25) is 0 Å². The molecule has 12 heavy (non-hydrogen) atoms. The van der Waals surface area contributed by atoms with Crippen molar-refractivity contribution in [2.75, 3.05) is 6.61 Å². The molecule has 0 saturated heterocycles. The molecule has 0 atom stereocenters. The lowest BCUT2D eigenvalue weighted by Gasteiger charge is -2.12. The van der Waals surface area contributed by atoms with Crippen LogP contribution in [0.3, 0.4) is 0 Å². The van der Waals surface area contributed by atoms with E-state index in [0.29, 0.717) is 5.69 Å². The molecule has 0 aliphatic carbocycles. The summed E-state index contributed by atoms with van der Waals surface area (Å²) >= 11 is 0. The maximum Gasteiger partial charge on any atom is 0.311 e. The highest BCUT2D eigenvalue weighted by Crippen LogP contribution is 2.26. The van der Waals surface area contributed by atoms with Crippen molar-refractivity contribution in [2.45, 2.75) is 12.8 Å². The number of aryl methyl sites for hydroxylation is 2. The highest BCUT2D eigenvalue weighted by Gasteiger charge is 2.33. The average molecular weight is 176 g/mol. The van der Waals surface area contributed by atoms with Gasteiger partial charge in [0.05, 0.1) is 5.69 Å². The zero-order valence-electron chi connectivity index (χ0n) is 6.88. The lowest BCUT2D eigenvalue weighted by Crippen LogP contribution is -2.22. The highest BCUT2D eigenvalue weighted by atomic mass is 19.3. The van der Waals surface area contributed by atoms with Gasteiger partial charge < -0.3 is 5.11 Å². The van der Waals surface area contributed by atoms with E-state index in [9.17, 15) is 8.78 Å². The normalized spacial score (nSPS) is 12.1. The monoisotopic (exact) mass is 176 g/mol. The van der Waals surface area contributed by atoms with E-state index in [2.05, 4.69) is 5.10 Å². The van der Waals surface area contributed by atoms with Crippen molar-refractivity contribution in [3.05, 3.63) is 17.5 Å². The smallest absolute Gasteiger partial charge is 0.311 e. The topological polar surface area (TPSA) is 38.0 Å². The van der Waals surface area contributed by atoms with Gasteiger partial charge in [0.1, 0.15) is 12.3 Å². The first kappa shape index (κ1) is 9.12. The maximum atomic E-state index is 12.8. The molecule has 0 bridgehead atoms. The van der Waals surface area contributed by atoms with Crippen LogP contribution in [0.4, 0.5) is 8.78 Å². The molecule has 1 rings (SSSR count). The Morgan fingerprint density at radius 1 is 1.67 bits per heavy atom. The Bertz CT molecular complexity index is 283. The van der Waals surface area contributed by atoms with Gasteiger partial charge in [-0.2, -0.15) is 13.9 Å². The zero-order valence-corrected chi connectivity index (χ0v) is 6.88. The largest absolute Gasteiger partial charge is 0.390 e. The SMILES string of the molecule is Cc1cc(C(F)(F)CO)n(C)n1. The molecule has 0 saturated carbocycles. The third-order valence-corrected chi connectivity index (χ3v) is 1.58. The van der Waals surface area contributed by atoms with Crippen molar-refractivity contribution in [3.63, 3.8) is 0 Å². The van der Waals surface area contributed by atoms with E-state index in [1.165, 1.54) is 13.1 Å². The van der Waals surface area contributed by atoms with Gasteiger partial charge in [-0.25, -0.2) is 0 Å². The number of rotatable bonds is 2. The second-order valence-electron chi connectivity index (χ2n) is 2.66. The van der Waals surface area contributed by atoms with Crippen molar-refractivity contribution in [3.8, 4) is 0 Å². The van der Waals surface area contributed by atoms with Gasteiger partial charge >= 0.3 is 5.92 Å². The zero-order chi connectivity index (χ0) is 9.35. The number of alkyl halides is 2. The molecule has 5 heteroatoms. The van der Waals surface area contributed by atoms with Gasteiger partial charge in [-0.3, -0.25) is 4.68 Å². The molecule has 1 aromatic rings. The number of hydrogen-bond donors (Lipinski definition) is 1. The van der Waals surface area contributed by atoms with E-state index in [-0.39, 0.29) is 5.69 Å². The van der Waals surface area contributed by atoms with Gasteiger partial charge in [-0.1, -0.05) is 0 Å². The van der Waals surface area contributed by atoms with Crippen LogP contribution in [0, 0.1) is 6.92 Å². The molecule has 1 heterocycles. The molecule has 0 aliphatic rings. The molecule has 0 aliphatic heterocycles. The minimum atomic E-state index is -3.20. The summed E-state index contributed by atoms with van der Waals surface area (Å²) in [5, 5.41) is 12.1. The number of hydrogen-bond acceptors (Lipinski definition) is 2. The molecule has 68 valence electrons. The second-order valence-corrected chi connectivity index (χ2v) is 2.66. The molecule has 0 spiro atoms. The Morgan fingerprint density at radius 2 is 2.25 bits per heavy atom. The van der Waals surface area contributed by atoms with E-state index < -0.39 is 12.5 Å². The lowest BCUT2D eigenvalue weighted by atomic mass is 10.2. The van der Waals surface area contributed by atoms with Crippen LogP contribution in [0.1, 0.15) is 11.4 Å². The molecule has 0 amide bonds. The summed E-state index contributed by atoms with van der Waals surface area (Å²) < 4.78 is 26.8. The molecular weight excluding hydrogens is 166 g/mol. The summed E-state index contributed by atoms with van der Waals surface area (Å²) in [6.07, 6.45) is 0. The summed E-state index contributed by atoms with van der Waals surface area (Å²) in [4.78, 5) is 0. The molecule has 0 radical (unpaired) electrons. The Labute approximate surface area is 68.6 Å². The maximum absolute atomic E-state index is 12.8. The van der Waals surface area contributed by atoms with Crippen molar-refractivity contribution in [1.82, 2.24) is 9.78 Å². The van der Waals surface area contributed by atoms with E-state index in [1.54, 1.807) is 6.92 Å². The second kappa shape index (κ2) is 2.82. The van der Waals surface area contributed by atoms with Crippen LogP contribution in [-0.2, 0) is 13.0 Å². The van der Waals surface area contributed by atoms with E-state index in [1.807, 2.05) is 0 Å². The Kier molecular flexibility index (Phi) is 2.14. The summed E-state index contributed by atoms with van der Waals surface area (Å²) in [7, 11) is 1.42. The molecule has 0 fully saturated rings. The summed E-state index contributed by atoms with van der Waals surface area (Å²) in [5.74, 6) is -3.20. The quantitative estimate of drug-likeness (QED) is 0.724. The number of aliphatic hydroxyl groups is 1. The van der Waals surface area contributed by atoms with Crippen molar-refractivity contribution in [2.24, 2.45) is 7.05 Å². The third kappa shape index (κ3) is 1.45. The van der Waals surface area contributed by atoms with Crippen LogP contribution in [0.25, 0.3) is 0 Å². The van der Waals surface area contributed by atoms with Gasteiger partial charge in [0, 0.05) is 7.05 Å². The van der Waals surface area contributed by atoms with Gasteiger partial charge in [-0.15, -0.1) is 0 Å².